The first kappa shape index (κ1) is 11.2. The van der Waals surface area contributed by atoms with Gasteiger partial charge in [-0.25, -0.2) is 9.97 Å². The molecule has 18 heavy (non-hydrogen) atoms. The highest BCUT2D eigenvalue weighted by Gasteiger charge is 2.55. The maximum absolute atomic E-state index is 12.0. The molecule has 2 aromatic rings. The molecule has 0 aromatic carbocycles. The predicted octanol–water partition coefficient (Wildman–Crippen LogP) is 1.86. The second kappa shape index (κ2) is 3.80. The summed E-state index contributed by atoms with van der Waals surface area (Å²) in [5, 5.41) is 0. The normalized spacial score (nSPS) is 16.8. The number of rotatable bonds is 3. The van der Waals surface area contributed by atoms with Crippen LogP contribution in [0, 0.1) is 6.92 Å². The van der Waals surface area contributed by atoms with Gasteiger partial charge in [0.15, 0.2) is 5.65 Å². The van der Waals surface area contributed by atoms with Crippen molar-refractivity contribution in [2.45, 2.75) is 32.1 Å². The maximum atomic E-state index is 12.0. The molecular formula is C13H15N3O2. The van der Waals surface area contributed by atoms with Crippen LogP contribution in [0.1, 0.15) is 31.2 Å². The van der Waals surface area contributed by atoms with Crippen LogP contribution in [0.3, 0.4) is 0 Å². The number of carbonyl (C=O) groups excluding carboxylic acids is 1. The monoisotopic (exact) mass is 245 g/mol. The number of nitrogens with one attached hydrogen (secondary N) is 1. The van der Waals surface area contributed by atoms with Crippen molar-refractivity contribution in [1.29, 1.82) is 0 Å². The molecule has 1 aliphatic rings. The zero-order valence-electron chi connectivity index (χ0n) is 10.5. The van der Waals surface area contributed by atoms with E-state index in [0.717, 1.165) is 23.9 Å². The van der Waals surface area contributed by atoms with Crippen molar-refractivity contribution < 1.29 is 9.53 Å². The number of aromatic amines is 1. The van der Waals surface area contributed by atoms with Crippen LogP contribution in [-0.4, -0.2) is 27.5 Å². The molecule has 0 spiro atoms. The van der Waals surface area contributed by atoms with E-state index < -0.39 is 5.41 Å². The van der Waals surface area contributed by atoms with E-state index in [9.17, 15) is 4.79 Å². The van der Waals surface area contributed by atoms with Crippen LogP contribution in [0.25, 0.3) is 11.2 Å². The van der Waals surface area contributed by atoms with Crippen molar-refractivity contribution in [3.05, 3.63) is 23.7 Å². The number of ether oxygens (including phenoxy) is 1. The first-order chi connectivity index (χ1) is 8.67. The Bertz CT molecular complexity index is 614. The van der Waals surface area contributed by atoms with E-state index >= 15 is 0 Å². The Morgan fingerprint density at radius 1 is 1.56 bits per heavy atom. The Hall–Kier alpha value is -1.91. The van der Waals surface area contributed by atoms with Gasteiger partial charge in [-0.05, 0) is 38.3 Å². The molecule has 1 N–H and O–H groups in total. The summed E-state index contributed by atoms with van der Waals surface area (Å²) in [6, 6.07) is 1.92. The summed E-state index contributed by atoms with van der Waals surface area (Å²) in [7, 11) is 0. The number of aryl methyl sites for hydroxylation is 1. The zero-order valence-corrected chi connectivity index (χ0v) is 10.5. The molecule has 94 valence electrons. The quantitative estimate of drug-likeness (QED) is 0.838. The third-order valence-electron chi connectivity index (χ3n) is 3.47. The Morgan fingerprint density at radius 2 is 2.33 bits per heavy atom. The number of nitrogens with zero attached hydrogens (tertiary/aromatic N) is 2. The summed E-state index contributed by atoms with van der Waals surface area (Å²) in [6.07, 6.45) is 3.32. The van der Waals surface area contributed by atoms with Crippen LogP contribution in [0.2, 0.25) is 0 Å². The summed E-state index contributed by atoms with van der Waals surface area (Å²) in [5.74, 6) is 0.513. The first-order valence-electron chi connectivity index (χ1n) is 6.16. The minimum absolute atomic E-state index is 0.179. The number of imidazole rings is 1. The van der Waals surface area contributed by atoms with E-state index in [1.54, 1.807) is 6.20 Å². The van der Waals surface area contributed by atoms with Crippen LogP contribution in [0.4, 0.5) is 0 Å². The van der Waals surface area contributed by atoms with Gasteiger partial charge in [0.25, 0.3) is 0 Å². The Morgan fingerprint density at radius 3 is 2.94 bits per heavy atom. The van der Waals surface area contributed by atoms with Crippen LogP contribution < -0.4 is 0 Å². The second-order valence-electron chi connectivity index (χ2n) is 4.71. The molecule has 1 aliphatic carbocycles. The van der Waals surface area contributed by atoms with Gasteiger partial charge in [-0.1, -0.05) is 0 Å². The van der Waals surface area contributed by atoms with Gasteiger partial charge in [0.2, 0.25) is 0 Å². The Labute approximate surface area is 105 Å². The molecule has 2 aromatic heterocycles. The Balaban J connectivity index is 2.05. The summed E-state index contributed by atoms with van der Waals surface area (Å²) in [6.45, 7) is 4.21. The number of hydrogen-bond acceptors (Lipinski definition) is 4. The lowest BCUT2D eigenvalue weighted by molar-refractivity contribution is -0.146. The maximum Gasteiger partial charge on any atom is 0.319 e. The first-order valence-corrected chi connectivity index (χ1v) is 6.16. The SMILES string of the molecule is CCOC(=O)C1(c2nc3nccc(C)c3[nH]2)CC1. The molecule has 1 saturated carbocycles. The predicted molar refractivity (Wildman–Crippen MR) is 66.2 cm³/mol. The standard InChI is InChI=1S/C13H15N3O2/c1-3-18-12(17)13(5-6-13)11-15-9-8(2)4-7-14-10(9)16-11/h4,7H,3,5-6H2,1-2H3,(H,14,15,16). The number of pyridine rings is 1. The molecule has 3 rings (SSSR count). The molecule has 0 radical (unpaired) electrons. The lowest BCUT2D eigenvalue weighted by Gasteiger charge is -2.10. The van der Waals surface area contributed by atoms with E-state index in [4.69, 9.17) is 4.74 Å². The summed E-state index contributed by atoms with van der Waals surface area (Å²) >= 11 is 0. The number of H-pyrrole nitrogens is 1. The van der Waals surface area contributed by atoms with Gasteiger partial charge in [-0.15, -0.1) is 0 Å². The van der Waals surface area contributed by atoms with E-state index in [1.165, 1.54) is 0 Å². The smallest absolute Gasteiger partial charge is 0.319 e. The van der Waals surface area contributed by atoms with Gasteiger partial charge in [0, 0.05) is 6.20 Å². The average molecular weight is 245 g/mol. The minimum atomic E-state index is -0.552. The van der Waals surface area contributed by atoms with Crippen molar-refractivity contribution in [3.63, 3.8) is 0 Å². The fourth-order valence-electron chi connectivity index (χ4n) is 2.19. The highest BCUT2D eigenvalue weighted by atomic mass is 16.5. The van der Waals surface area contributed by atoms with Gasteiger partial charge in [0.05, 0.1) is 12.1 Å². The molecule has 0 bridgehead atoms. The number of carbonyl (C=O) groups is 1. The van der Waals surface area contributed by atoms with Crippen molar-refractivity contribution in [2.75, 3.05) is 6.61 Å². The van der Waals surface area contributed by atoms with Gasteiger partial charge in [0.1, 0.15) is 11.2 Å². The Kier molecular flexibility index (Phi) is 2.36. The second-order valence-corrected chi connectivity index (χ2v) is 4.71. The minimum Gasteiger partial charge on any atom is -0.465 e. The van der Waals surface area contributed by atoms with Crippen molar-refractivity contribution >= 4 is 17.1 Å². The fourth-order valence-corrected chi connectivity index (χ4v) is 2.19. The molecule has 1 fully saturated rings. The molecule has 0 atom stereocenters. The molecule has 0 aliphatic heterocycles. The highest BCUT2D eigenvalue weighted by molar-refractivity contribution is 5.87. The molecule has 0 saturated heterocycles. The molecule has 0 unspecified atom stereocenters. The van der Waals surface area contributed by atoms with Crippen molar-refractivity contribution in [1.82, 2.24) is 15.0 Å². The third kappa shape index (κ3) is 1.50. The third-order valence-corrected chi connectivity index (χ3v) is 3.47. The van der Waals surface area contributed by atoms with Crippen LogP contribution in [0.5, 0.6) is 0 Å². The van der Waals surface area contributed by atoms with Crippen LogP contribution in [-0.2, 0) is 14.9 Å². The molecular weight excluding hydrogens is 230 g/mol. The summed E-state index contributed by atoms with van der Waals surface area (Å²) < 4.78 is 5.13. The highest BCUT2D eigenvalue weighted by Crippen LogP contribution is 2.48. The molecule has 2 heterocycles. The fraction of sp³-hybridized carbons (Fsp3) is 0.462. The number of esters is 1. The molecule has 0 amide bonds. The largest absolute Gasteiger partial charge is 0.465 e. The summed E-state index contributed by atoms with van der Waals surface area (Å²) in [4.78, 5) is 23.9. The van der Waals surface area contributed by atoms with E-state index in [2.05, 4.69) is 15.0 Å². The zero-order chi connectivity index (χ0) is 12.8. The summed E-state index contributed by atoms with van der Waals surface area (Å²) in [5.41, 5.74) is 2.10. The molecule has 5 nitrogen and oxygen atoms in total. The van der Waals surface area contributed by atoms with Crippen molar-refractivity contribution in [3.8, 4) is 0 Å². The van der Waals surface area contributed by atoms with Gasteiger partial charge in [-0.2, -0.15) is 0 Å². The number of aromatic nitrogens is 3. The number of hydrogen-bond donors (Lipinski definition) is 1. The van der Waals surface area contributed by atoms with Gasteiger partial charge in [-0.3, -0.25) is 4.79 Å². The van der Waals surface area contributed by atoms with Crippen LogP contribution in [0.15, 0.2) is 12.3 Å². The van der Waals surface area contributed by atoms with Gasteiger partial charge >= 0.3 is 5.97 Å². The van der Waals surface area contributed by atoms with Gasteiger partial charge < -0.3 is 9.72 Å². The topological polar surface area (TPSA) is 67.9 Å². The van der Waals surface area contributed by atoms with Crippen LogP contribution >= 0.6 is 0 Å². The lowest BCUT2D eigenvalue weighted by atomic mass is 10.1. The number of fused-ring (bicyclic) bond motifs is 1. The lowest BCUT2D eigenvalue weighted by Crippen LogP contribution is -2.24. The van der Waals surface area contributed by atoms with E-state index in [-0.39, 0.29) is 5.97 Å². The van der Waals surface area contributed by atoms with E-state index in [0.29, 0.717) is 18.1 Å². The average Bonchev–Trinajstić information content (AvgIpc) is 3.04. The van der Waals surface area contributed by atoms with Crippen molar-refractivity contribution in [2.24, 2.45) is 0 Å². The van der Waals surface area contributed by atoms with E-state index in [1.807, 2.05) is 19.9 Å². The molecule has 5 heteroatoms.